The predicted molar refractivity (Wildman–Crippen MR) is 62.1 cm³/mol. The second-order valence-electron chi connectivity index (χ2n) is 4.49. The first-order valence-electron chi connectivity index (χ1n) is 6.30. The van der Waals surface area contributed by atoms with E-state index in [1.807, 2.05) is 0 Å². The largest absolute Gasteiger partial charge is 0.461 e. The third kappa shape index (κ3) is 3.31. The van der Waals surface area contributed by atoms with Gasteiger partial charge in [-0.3, -0.25) is 4.79 Å². The zero-order chi connectivity index (χ0) is 15.6. The van der Waals surface area contributed by atoms with Gasteiger partial charge in [-0.2, -0.15) is 13.2 Å². The third-order valence-corrected chi connectivity index (χ3v) is 2.95. The normalized spacial score (nSPS) is 18.7. The van der Waals surface area contributed by atoms with Crippen LogP contribution in [0.3, 0.4) is 0 Å². The Morgan fingerprint density at radius 3 is 2.76 bits per heavy atom. The molecule has 10 heteroatoms. The van der Waals surface area contributed by atoms with Gasteiger partial charge in [0.05, 0.1) is 13.2 Å². The quantitative estimate of drug-likeness (QED) is 0.830. The van der Waals surface area contributed by atoms with Crippen molar-refractivity contribution in [3.8, 4) is 0 Å². The van der Waals surface area contributed by atoms with Crippen LogP contribution in [0.25, 0.3) is 0 Å². The average molecular weight is 306 g/mol. The lowest BCUT2D eigenvalue weighted by Crippen LogP contribution is -2.32. The number of aromatic nitrogens is 3. The Labute approximate surface area is 117 Å². The van der Waals surface area contributed by atoms with E-state index in [1.54, 1.807) is 0 Å². The van der Waals surface area contributed by atoms with E-state index in [9.17, 15) is 22.8 Å². The van der Waals surface area contributed by atoms with Crippen molar-refractivity contribution in [2.75, 3.05) is 6.61 Å². The molecule has 1 aromatic rings. The number of nitrogens with one attached hydrogen (secondary N) is 1. The van der Waals surface area contributed by atoms with Crippen molar-refractivity contribution in [3.63, 3.8) is 0 Å². The molecule has 0 aromatic carbocycles. The van der Waals surface area contributed by atoms with Crippen LogP contribution >= 0.6 is 0 Å². The second-order valence-corrected chi connectivity index (χ2v) is 4.49. The summed E-state index contributed by atoms with van der Waals surface area (Å²) in [4.78, 5) is 22.6. The van der Waals surface area contributed by atoms with Crippen LogP contribution in [0, 0.1) is 0 Å². The summed E-state index contributed by atoms with van der Waals surface area (Å²) in [5, 5.41) is 9.17. The average Bonchev–Trinajstić information content (AvgIpc) is 2.96. The molecule has 1 saturated heterocycles. The molecule has 0 aliphatic carbocycles. The lowest BCUT2D eigenvalue weighted by atomic mass is 10.2. The lowest BCUT2D eigenvalue weighted by Gasteiger charge is -2.14. The molecule has 2 heterocycles. The molecular formula is C11H13F3N4O3. The van der Waals surface area contributed by atoms with E-state index in [0.29, 0.717) is 11.1 Å². The summed E-state index contributed by atoms with van der Waals surface area (Å²) >= 11 is 0. The zero-order valence-corrected chi connectivity index (χ0v) is 11.1. The van der Waals surface area contributed by atoms with Crippen LogP contribution < -0.4 is 5.32 Å². The smallest absolute Gasteiger partial charge is 0.435 e. The Bertz CT molecular complexity index is 555. The van der Waals surface area contributed by atoms with E-state index in [4.69, 9.17) is 0 Å². The molecular weight excluding hydrogens is 293 g/mol. The fourth-order valence-electron chi connectivity index (χ4n) is 2.08. The molecule has 1 amide bonds. The molecule has 7 nitrogen and oxygen atoms in total. The number of amides is 1. The number of nitrogens with zero attached hydrogens (tertiary/aromatic N) is 3. The SMILES string of the molecule is CCOC(=O)c1nnn(CC2CCC(=O)N2)c1C(F)(F)F. The van der Waals surface area contributed by atoms with Gasteiger partial charge in [0, 0.05) is 12.5 Å². The van der Waals surface area contributed by atoms with Gasteiger partial charge >= 0.3 is 12.1 Å². The van der Waals surface area contributed by atoms with Crippen LogP contribution in [0.5, 0.6) is 0 Å². The van der Waals surface area contributed by atoms with E-state index in [0.717, 1.165) is 0 Å². The molecule has 116 valence electrons. The van der Waals surface area contributed by atoms with Crippen molar-refractivity contribution < 1.29 is 27.5 Å². The lowest BCUT2D eigenvalue weighted by molar-refractivity contribution is -0.144. The fraction of sp³-hybridized carbons (Fsp3) is 0.636. The maximum Gasteiger partial charge on any atom is 0.435 e. The van der Waals surface area contributed by atoms with Gasteiger partial charge in [-0.1, -0.05) is 5.21 Å². The number of hydrogen-bond donors (Lipinski definition) is 1. The van der Waals surface area contributed by atoms with Gasteiger partial charge < -0.3 is 10.1 Å². The molecule has 0 saturated carbocycles. The number of carbonyl (C=O) groups excluding carboxylic acids is 2. The van der Waals surface area contributed by atoms with Crippen molar-refractivity contribution in [1.29, 1.82) is 0 Å². The highest BCUT2D eigenvalue weighted by Gasteiger charge is 2.42. The van der Waals surface area contributed by atoms with E-state index in [-0.39, 0.29) is 25.5 Å². The molecule has 0 bridgehead atoms. The number of alkyl halides is 3. The maximum absolute atomic E-state index is 13.1. The van der Waals surface area contributed by atoms with Gasteiger partial charge in [0.1, 0.15) is 0 Å². The third-order valence-electron chi connectivity index (χ3n) is 2.95. The standard InChI is InChI=1S/C11H13F3N4O3/c1-2-21-10(20)8-9(11(12,13)14)18(17-16-8)5-6-3-4-7(19)15-6/h6H,2-5H2,1H3,(H,15,19). The first-order valence-corrected chi connectivity index (χ1v) is 6.30. The Morgan fingerprint density at radius 2 is 2.24 bits per heavy atom. The fourth-order valence-corrected chi connectivity index (χ4v) is 2.08. The highest BCUT2D eigenvalue weighted by atomic mass is 19.4. The van der Waals surface area contributed by atoms with Crippen LogP contribution in [0.1, 0.15) is 35.9 Å². The van der Waals surface area contributed by atoms with Crippen LogP contribution in [0.15, 0.2) is 0 Å². The summed E-state index contributed by atoms with van der Waals surface area (Å²) in [6.45, 7) is 1.21. The van der Waals surface area contributed by atoms with E-state index in [2.05, 4.69) is 20.4 Å². The van der Waals surface area contributed by atoms with Crippen molar-refractivity contribution in [3.05, 3.63) is 11.4 Å². The number of halogens is 3. The zero-order valence-electron chi connectivity index (χ0n) is 11.1. The second kappa shape index (κ2) is 5.70. The van der Waals surface area contributed by atoms with Crippen LogP contribution in [-0.4, -0.2) is 39.5 Å². The topological polar surface area (TPSA) is 86.1 Å². The van der Waals surface area contributed by atoms with E-state index >= 15 is 0 Å². The molecule has 1 fully saturated rings. The molecule has 0 radical (unpaired) electrons. The van der Waals surface area contributed by atoms with Gasteiger partial charge in [-0.25, -0.2) is 9.48 Å². The Balaban J connectivity index is 2.29. The summed E-state index contributed by atoms with van der Waals surface area (Å²) in [5.41, 5.74) is -2.13. The molecule has 1 aromatic heterocycles. The number of rotatable bonds is 4. The number of ether oxygens (including phenoxy) is 1. The molecule has 0 spiro atoms. The highest BCUT2D eigenvalue weighted by molar-refractivity contribution is 5.88. The van der Waals surface area contributed by atoms with Gasteiger partial charge in [-0.05, 0) is 13.3 Å². The maximum atomic E-state index is 13.1. The van der Waals surface area contributed by atoms with Crippen molar-refractivity contribution in [2.45, 2.75) is 38.5 Å². The molecule has 2 rings (SSSR count). The minimum atomic E-state index is -4.80. The molecule has 1 aliphatic rings. The molecule has 1 aliphatic heterocycles. The van der Waals surface area contributed by atoms with Crippen LogP contribution in [-0.2, 0) is 22.3 Å². The molecule has 1 unspecified atom stereocenters. The molecule has 21 heavy (non-hydrogen) atoms. The molecule has 1 atom stereocenters. The van der Waals surface area contributed by atoms with E-state index in [1.165, 1.54) is 6.92 Å². The van der Waals surface area contributed by atoms with E-state index < -0.39 is 29.6 Å². The summed E-state index contributed by atoms with van der Waals surface area (Å²) in [5.74, 6) is -1.40. The summed E-state index contributed by atoms with van der Waals surface area (Å²) in [6, 6.07) is -0.463. The number of carbonyl (C=O) groups is 2. The Kier molecular flexibility index (Phi) is 4.14. The Hall–Kier alpha value is -2.13. The van der Waals surface area contributed by atoms with Crippen molar-refractivity contribution in [2.24, 2.45) is 0 Å². The van der Waals surface area contributed by atoms with Gasteiger partial charge in [0.25, 0.3) is 0 Å². The summed E-state index contributed by atoms with van der Waals surface area (Å²) in [6.07, 6.45) is -4.13. The number of hydrogen-bond acceptors (Lipinski definition) is 5. The highest BCUT2D eigenvalue weighted by Crippen LogP contribution is 2.31. The summed E-state index contributed by atoms with van der Waals surface area (Å²) in [7, 11) is 0. The van der Waals surface area contributed by atoms with Gasteiger partial charge in [-0.15, -0.1) is 5.10 Å². The van der Waals surface area contributed by atoms with Gasteiger partial charge in [0.15, 0.2) is 5.69 Å². The minimum absolute atomic E-state index is 0.0678. The minimum Gasteiger partial charge on any atom is -0.461 e. The van der Waals surface area contributed by atoms with Crippen molar-refractivity contribution in [1.82, 2.24) is 20.3 Å². The first-order chi connectivity index (χ1) is 9.82. The van der Waals surface area contributed by atoms with Crippen molar-refractivity contribution >= 4 is 11.9 Å². The first kappa shape index (κ1) is 15.3. The molecule has 1 N–H and O–H groups in total. The number of esters is 1. The van der Waals surface area contributed by atoms with Crippen LogP contribution in [0.2, 0.25) is 0 Å². The Morgan fingerprint density at radius 1 is 1.52 bits per heavy atom. The van der Waals surface area contributed by atoms with Gasteiger partial charge in [0.2, 0.25) is 11.6 Å². The van der Waals surface area contributed by atoms with Crippen LogP contribution in [0.4, 0.5) is 13.2 Å². The predicted octanol–water partition coefficient (Wildman–Crippen LogP) is 0.752. The summed E-state index contributed by atoms with van der Waals surface area (Å²) < 4.78 is 44.4. The monoisotopic (exact) mass is 306 g/mol.